The monoisotopic (exact) mass is 229 g/mol. The molecule has 0 unspecified atom stereocenters. The van der Waals surface area contributed by atoms with Gasteiger partial charge in [0.15, 0.2) is 0 Å². The maximum Gasteiger partial charge on any atom is 0.123 e. The highest BCUT2D eigenvalue weighted by Gasteiger charge is 2.03. The molecule has 0 saturated heterocycles. The van der Waals surface area contributed by atoms with Crippen LogP contribution in [0.4, 0.5) is 4.39 Å². The van der Waals surface area contributed by atoms with Crippen LogP contribution in [0.1, 0.15) is 24.6 Å². The Balaban J connectivity index is 2.34. The predicted molar refractivity (Wildman–Crippen MR) is 68.4 cm³/mol. The number of benzene rings is 1. The van der Waals surface area contributed by atoms with Gasteiger partial charge in [0.1, 0.15) is 5.82 Å². The largest absolute Gasteiger partial charge is 0.260 e. The van der Waals surface area contributed by atoms with E-state index in [-0.39, 0.29) is 5.82 Å². The van der Waals surface area contributed by atoms with Crippen molar-refractivity contribution in [3.63, 3.8) is 0 Å². The topological polar surface area (TPSA) is 12.9 Å². The van der Waals surface area contributed by atoms with Crippen molar-refractivity contribution >= 4 is 0 Å². The summed E-state index contributed by atoms with van der Waals surface area (Å²) in [6.45, 7) is 4.22. The molecule has 0 radical (unpaired) electrons. The van der Waals surface area contributed by atoms with Crippen molar-refractivity contribution in [3.05, 3.63) is 53.6 Å². The van der Waals surface area contributed by atoms with Gasteiger partial charge in [0.2, 0.25) is 0 Å². The van der Waals surface area contributed by atoms with E-state index in [2.05, 4.69) is 24.9 Å². The molecule has 1 nitrogen and oxygen atoms in total. The van der Waals surface area contributed by atoms with Crippen molar-refractivity contribution in [2.45, 2.75) is 26.7 Å². The number of aromatic nitrogens is 1. The van der Waals surface area contributed by atoms with E-state index in [1.807, 2.05) is 6.20 Å². The Kier molecular flexibility index (Phi) is 3.52. The van der Waals surface area contributed by atoms with Crippen molar-refractivity contribution in [2.75, 3.05) is 0 Å². The first kappa shape index (κ1) is 11.8. The fraction of sp³-hybridized carbons (Fsp3) is 0.267. The summed E-state index contributed by atoms with van der Waals surface area (Å²) in [4.78, 5) is 4.47. The lowest BCUT2D eigenvalue weighted by atomic mass is 10.0. The third-order valence-corrected chi connectivity index (χ3v) is 2.85. The standard InChI is InChI=1S/C15H16FN/c1-3-4-15-11(2)9-13(10-17-15)12-5-7-14(16)8-6-12/h5-10H,3-4H2,1-2H3. The third kappa shape index (κ3) is 2.70. The molecular weight excluding hydrogens is 213 g/mol. The minimum absolute atomic E-state index is 0.207. The summed E-state index contributed by atoms with van der Waals surface area (Å²) >= 11 is 0. The molecule has 0 saturated carbocycles. The van der Waals surface area contributed by atoms with Gasteiger partial charge in [-0.05, 0) is 42.7 Å². The average Bonchev–Trinajstić information content (AvgIpc) is 2.33. The SMILES string of the molecule is CCCc1ncc(-c2ccc(F)cc2)cc1C. The average molecular weight is 229 g/mol. The first-order chi connectivity index (χ1) is 8.20. The van der Waals surface area contributed by atoms with E-state index >= 15 is 0 Å². The Hall–Kier alpha value is -1.70. The van der Waals surface area contributed by atoms with Crippen molar-refractivity contribution < 1.29 is 4.39 Å². The molecule has 1 aromatic carbocycles. The third-order valence-electron chi connectivity index (χ3n) is 2.85. The zero-order valence-electron chi connectivity index (χ0n) is 10.2. The quantitative estimate of drug-likeness (QED) is 0.770. The predicted octanol–water partition coefficient (Wildman–Crippen LogP) is 4.15. The van der Waals surface area contributed by atoms with Crippen LogP contribution in [0, 0.1) is 12.7 Å². The summed E-state index contributed by atoms with van der Waals surface area (Å²) in [5, 5.41) is 0. The minimum Gasteiger partial charge on any atom is -0.260 e. The van der Waals surface area contributed by atoms with Crippen molar-refractivity contribution in [1.82, 2.24) is 4.98 Å². The second-order valence-corrected chi connectivity index (χ2v) is 4.24. The summed E-state index contributed by atoms with van der Waals surface area (Å²) < 4.78 is 12.8. The number of aryl methyl sites for hydroxylation is 2. The Morgan fingerprint density at radius 2 is 1.82 bits per heavy atom. The van der Waals surface area contributed by atoms with Gasteiger partial charge in [-0.25, -0.2) is 4.39 Å². The fourth-order valence-electron chi connectivity index (χ4n) is 1.90. The summed E-state index contributed by atoms with van der Waals surface area (Å²) in [6.07, 6.45) is 3.98. The molecular formula is C15H16FN. The molecule has 0 atom stereocenters. The molecule has 2 aromatic rings. The van der Waals surface area contributed by atoms with Crippen molar-refractivity contribution in [3.8, 4) is 11.1 Å². The van der Waals surface area contributed by atoms with Gasteiger partial charge in [-0.15, -0.1) is 0 Å². The Labute approximate surface area is 101 Å². The van der Waals surface area contributed by atoms with Crippen LogP contribution in [0.25, 0.3) is 11.1 Å². The molecule has 2 rings (SSSR count). The molecule has 0 aliphatic carbocycles. The van der Waals surface area contributed by atoms with E-state index in [0.29, 0.717) is 0 Å². The molecule has 0 spiro atoms. The van der Waals surface area contributed by atoms with Gasteiger partial charge in [0.05, 0.1) is 0 Å². The maximum absolute atomic E-state index is 12.8. The highest BCUT2D eigenvalue weighted by Crippen LogP contribution is 2.21. The van der Waals surface area contributed by atoms with E-state index < -0.39 is 0 Å². The highest BCUT2D eigenvalue weighted by molar-refractivity contribution is 5.63. The first-order valence-electron chi connectivity index (χ1n) is 5.92. The van der Waals surface area contributed by atoms with E-state index in [0.717, 1.165) is 29.7 Å². The van der Waals surface area contributed by atoms with Gasteiger partial charge in [-0.2, -0.15) is 0 Å². The van der Waals surface area contributed by atoms with Gasteiger partial charge < -0.3 is 0 Å². The molecule has 0 amide bonds. The van der Waals surface area contributed by atoms with E-state index in [1.165, 1.54) is 17.7 Å². The molecule has 0 aliphatic rings. The van der Waals surface area contributed by atoms with Gasteiger partial charge in [-0.1, -0.05) is 25.5 Å². The Morgan fingerprint density at radius 1 is 1.12 bits per heavy atom. The van der Waals surface area contributed by atoms with Gasteiger partial charge in [-0.3, -0.25) is 4.98 Å². The van der Waals surface area contributed by atoms with E-state index in [9.17, 15) is 4.39 Å². The molecule has 0 aliphatic heterocycles. The molecule has 0 N–H and O–H groups in total. The summed E-state index contributed by atoms with van der Waals surface area (Å²) in [7, 11) is 0. The number of hydrogen-bond acceptors (Lipinski definition) is 1. The smallest absolute Gasteiger partial charge is 0.123 e. The van der Waals surface area contributed by atoms with Gasteiger partial charge >= 0.3 is 0 Å². The van der Waals surface area contributed by atoms with Crippen molar-refractivity contribution in [2.24, 2.45) is 0 Å². The summed E-state index contributed by atoms with van der Waals surface area (Å²) in [5.74, 6) is -0.207. The first-order valence-corrected chi connectivity index (χ1v) is 5.92. The van der Waals surface area contributed by atoms with E-state index in [1.54, 1.807) is 12.1 Å². The van der Waals surface area contributed by atoms with Crippen LogP contribution in [-0.2, 0) is 6.42 Å². The molecule has 0 bridgehead atoms. The molecule has 1 heterocycles. The lowest BCUT2D eigenvalue weighted by Crippen LogP contribution is -1.94. The van der Waals surface area contributed by atoms with E-state index in [4.69, 9.17) is 0 Å². The zero-order valence-corrected chi connectivity index (χ0v) is 10.2. The fourth-order valence-corrected chi connectivity index (χ4v) is 1.90. The van der Waals surface area contributed by atoms with Crippen LogP contribution in [0.5, 0.6) is 0 Å². The number of nitrogens with zero attached hydrogens (tertiary/aromatic N) is 1. The molecule has 0 fully saturated rings. The van der Waals surface area contributed by atoms with Crippen molar-refractivity contribution in [1.29, 1.82) is 0 Å². The summed E-state index contributed by atoms with van der Waals surface area (Å²) in [5.41, 5.74) is 4.40. The lowest BCUT2D eigenvalue weighted by Gasteiger charge is -2.07. The Bertz CT molecular complexity index is 503. The van der Waals surface area contributed by atoms with Crippen LogP contribution in [0.2, 0.25) is 0 Å². The van der Waals surface area contributed by atoms with Gasteiger partial charge in [0, 0.05) is 17.5 Å². The Morgan fingerprint density at radius 3 is 2.41 bits per heavy atom. The maximum atomic E-state index is 12.8. The van der Waals surface area contributed by atoms with Crippen LogP contribution < -0.4 is 0 Å². The molecule has 88 valence electrons. The summed E-state index contributed by atoms with van der Waals surface area (Å²) in [6, 6.07) is 8.64. The highest BCUT2D eigenvalue weighted by atomic mass is 19.1. The normalized spacial score (nSPS) is 10.5. The number of rotatable bonds is 3. The lowest BCUT2D eigenvalue weighted by molar-refractivity contribution is 0.628. The number of halogens is 1. The second kappa shape index (κ2) is 5.09. The van der Waals surface area contributed by atoms with Crippen LogP contribution in [0.15, 0.2) is 36.5 Å². The number of pyridine rings is 1. The van der Waals surface area contributed by atoms with Crippen LogP contribution in [-0.4, -0.2) is 4.98 Å². The zero-order chi connectivity index (χ0) is 12.3. The molecule has 17 heavy (non-hydrogen) atoms. The minimum atomic E-state index is -0.207. The molecule has 2 heteroatoms. The van der Waals surface area contributed by atoms with Crippen LogP contribution >= 0.6 is 0 Å². The van der Waals surface area contributed by atoms with Gasteiger partial charge in [0.25, 0.3) is 0 Å². The second-order valence-electron chi connectivity index (χ2n) is 4.24. The number of hydrogen-bond donors (Lipinski definition) is 0. The molecule has 1 aromatic heterocycles. The van der Waals surface area contributed by atoms with Crippen LogP contribution in [0.3, 0.4) is 0 Å².